The van der Waals surface area contributed by atoms with Crippen LogP contribution in [0.15, 0.2) is 24.5 Å². The number of pyridine rings is 1. The van der Waals surface area contributed by atoms with Crippen LogP contribution < -0.4 is 5.32 Å². The van der Waals surface area contributed by atoms with E-state index < -0.39 is 0 Å². The summed E-state index contributed by atoms with van der Waals surface area (Å²) in [5.41, 5.74) is 2.45. The summed E-state index contributed by atoms with van der Waals surface area (Å²) in [4.78, 5) is 4.56. The maximum Gasteiger partial charge on any atom is 0.140 e. The van der Waals surface area contributed by atoms with Gasteiger partial charge in [-0.15, -0.1) is 0 Å². The molecule has 0 saturated carbocycles. The van der Waals surface area contributed by atoms with E-state index in [1.54, 1.807) is 0 Å². The van der Waals surface area contributed by atoms with Gasteiger partial charge in [-0.1, -0.05) is 6.92 Å². The largest absolute Gasteiger partial charge is 0.378 e. The van der Waals surface area contributed by atoms with Gasteiger partial charge in [-0.3, -0.25) is 0 Å². The first kappa shape index (κ1) is 14.5. The van der Waals surface area contributed by atoms with E-state index in [0.29, 0.717) is 6.10 Å². The Balaban J connectivity index is 1.68. The third-order valence-electron chi connectivity index (χ3n) is 4.23. The zero-order valence-electron chi connectivity index (χ0n) is 12.8. The van der Waals surface area contributed by atoms with Crippen LogP contribution in [0.25, 0.3) is 11.0 Å². The van der Waals surface area contributed by atoms with Gasteiger partial charge in [0, 0.05) is 37.5 Å². The molecule has 0 amide bonds. The molecule has 2 aromatic heterocycles. The van der Waals surface area contributed by atoms with Gasteiger partial charge in [-0.25, -0.2) is 4.98 Å². The number of hydrogen-bond donors (Lipinski definition) is 1. The molecule has 1 atom stereocenters. The Bertz CT molecular complexity index is 572. The van der Waals surface area contributed by atoms with Crippen LogP contribution in [-0.4, -0.2) is 28.8 Å². The predicted octanol–water partition coefficient (Wildman–Crippen LogP) is 3.11. The van der Waals surface area contributed by atoms with E-state index in [1.807, 2.05) is 12.3 Å². The molecule has 1 aliphatic heterocycles. The van der Waals surface area contributed by atoms with E-state index in [1.165, 1.54) is 23.8 Å². The quantitative estimate of drug-likeness (QED) is 0.850. The highest BCUT2D eigenvalue weighted by Crippen LogP contribution is 2.21. The third kappa shape index (κ3) is 3.44. The van der Waals surface area contributed by atoms with Gasteiger partial charge in [-0.05, 0) is 49.9 Å². The van der Waals surface area contributed by atoms with Crippen molar-refractivity contribution in [1.29, 1.82) is 0 Å². The number of nitrogens with one attached hydrogen (secondary N) is 1. The van der Waals surface area contributed by atoms with E-state index in [4.69, 9.17) is 4.74 Å². The number of aryl methyl sites for hydroxylation is 1. The van der Waals surface area contributed by atoms with Crippen molar-refractivity contribution >= 4 is 11.0 Å². The summed E-state index contributed by atoms with van der Waals surface area (Å²) in [6, 6.07) is 4.19. The number of fused-ring (bicyclic) bond motifs is 1. The van der Waals surface area contributed by atoms with Crippen LogP contribution >= 0.6 is 0 Å². The van der Waals surface area contributed by atoms with Crippen molar-refractivity contribution in [2.75, 3.05) is 13.2 Å². The minimum Gasteiger partial charge on any atom is -0.378 e. The summed E-state index contributed by atoms with van der Waals surface area (Å²) < 4.78 is 8.00. The van der Waals surface area contributed by atoms with Crippen LogP contribution in [0.1, 0.15) is 38.2 Å². The molecule has 1 aliphatic rings. The average molecular weight is 287 g/mol. The van der Waals surface area contributed by atoms with E-state index in [0.717, 1.165) is 44.7 Å². The summed E-state index contributed by atoms with van der Waals surface area (Å²) in [7, 11) is 0. The van der Waals surface area contributed by atoms with Gasteiger partial charge in [0.1, 0.15) is 5.65 Å². The topological polar surface area (TPSA) is 39.1 Å². The highest BCUT2D eigenvalue weighted by atomic mass is 16.5. The molecule has 21 heavy (non-hydrogen) atoms. The number of rotatable bonds is 7. The smallest absolute Gasteiger partial charge is 0.140 e. The minimum atomic E-state index is 0.487. The number of ether oxygens (including phenoxy) is 1. The van der Waals surface area contributed by atoms with Gasteiger partial charge in [0.15, 0.2) is 0 Å². The first-order valence-corrected chi connectivity index (χ1v) is 8.13. The van der Waals surface area contributed by atoms with Crippen molar-refractivity contribution in [3.8, 4) is 0 Å². The summed E-state index contributed by atoms with van der Waals surface area (Å²) in [6.07, 6.45) is 9.41. The molecular weight excluding hydrogens is 262 g/mol. The second kappa shape index (κ2) is 7.05. The molecule has 2 aromatic rings. The molecule has 0 bridgehead atoms. The summed E-state index contributed by atoms with van der Waals surface area (Å²) in [6.45, 7) is 6.02. The fraction of sp³-hybridized carbons (Fsp3) is 0.588. The second-order valence-electron chi connectivity index (χ2n) is 5.78. The third-order valence-corrected chi connectivity index (χ3v) is 4.23. The van der Waals surface area contributed by atoms with Crippen molar-refractivity contribution in [3.05, 3.63) is 30.1 Å². The lowest BCUT2D eigenvalue weighted by atomic mass is 10.1. The summed E-state index contributed by atoms with van der Waals surface area (Å²) in [5, 5.41) is 4.68. The summed E-state index contributed by atoms with van der Waals surface area (Å²) >= 11 is 0. The Hall–Kier alpha value is -1.39. The number of hydrogen-bond acceptors (Lipinski definition) is 3. The Morgan fingerprint density at radius 3 is 3.24 bits per heavy atom. The maximum absolute atomic E-state index is 5.70. The molecule has 0 aromatic carbocycles. The normalized spacial score (nSPS) is 18.6. The molecule has 1 saturated heterocycles. The van der Waals surface area contributed by atoms with Crippen LogP contribution in [0.5, 0.6) is 0 Å². The average Bonchev–Trinajstić information content (AvgIpc) is 3.14. The van der Waals surface area contributed by atoms with Gasteiger partial charge >= 0.3 is 0 Å². The SMILES string of the molecule is CCNCc1cn(CCCC2CCCO2)c2ncccc12. The van der Waals surface area contributed by atoms with Gasteiger partial charge in [0.05, 0.1) is 6.10 Å². The van der Waals surface area contributed by atoms with Gasteiger partial charge in [0.2, 0.25) is 0 Å². The van der Waals surface area contributed by atoms with Crippen molar-refractivity contribution in [1.82, 2.24) is 14.9 Å². The molecule has 114 valence electrons. The van der Waals surface area contributed by atoms with E-state index >= 15 is 0 Å². The fourth-order valence-electron chi connectivity index (χ4n) is 3.13. The Labute approximate surface area is 126 Å². The lowest BCUT2D eigenvalue weighted by Crippen LogP contribution is -2.11. The minimum absolute atomic E-state index is 0.487. The zero-order chi connectivity index (χ0) is 14.5. The van der Waals surface area contributed by atoms with Crippen molar-refractivity contribution in [3.63, 3.8) is 0 Å². The summed E-state index contributed by atoms with van der Waals surface area (Å²) in [5.74, 6) is 0. The molecule has 3 heterocycles. The number of nitrogens with zero attached hydrogens (tertiary/aromatic N) is 2. The van der Waals surface area contributed by atoms with Crippen molar-refractivity contribution < 1.29 is 4.74 Å². The van der Waals surface area contributed by atoms with Crippen molar-refractivity contribution in [2.24, 2.45) is 0 Å². The van der Waals surface area contributed by atoms with Gasteiger partial charge in [0.25, 0.3) is 0 Å². The zero-order valence-corrected chi connectivity index (χ0v) is 12.8. The first-order chi connectivity index (χ1) is 10.4. The molecule has 1 fully saturated rings. The molecule has 0 aliphatic carbocycles. The van der Waals surface area contributed by atoms with E-state index in [2.05, 4.69) is 34.1 Å². The Morgan fingerprint density at radius 2 is 2.43 bits per heavy atom. The molecule has 1 N–H and O–H groups in total. The molecule has 0 radical (unpaired) electrons. The van der Waals surface area contributed by atoms with Crippen LogP contribution in [0, 0.1) is 0 Å². The first-order valence-electron chi connectivity index (χ1n) is 8.13. The molecule has 4 heteroatoms. The Morgan fingerprint density at radius 1 is 1.48 bits per heavy atom. The van der Waals surface area contributed by atoms with Crippen LogP contribution in [0.3, 0.4) is 0 Å². The highest BCUT2D eigenvalue weighted by Gasteiger charge is 2.15. The molecule has 0 spiro atoms. The second-order valence-corrected chi connectivity index (χ2v) is 5.78. The lowest BCUT2D eigenvalue weighted by Gasteiger charge is -2.09. The maximum atomic E-state index is 5.70. The lowest BCUT2D eigenvalue weighted by molar-refractivity contribution is 0.101. The fourth-order valence-corrected chi connectivity index (χ4v) is 3.13. The van der Waals surface area contributed by atoms with Gasteiger partial charge in [-0.2, -0.15) is 0 Å². The number of aromatic nitrogens is 2. The predicted molar refractivity (Wildman–Crippen MR) is 85.3 cm³/mol. The highest BCUT2D eigenvalue weighted by molar-refractivity contribution is 5.80. The van der Waals surface area contributed by atoms with E-state index in [-0.39, 0.29) is 0 Å². The van der Waals surface area contributed by atoms with E-state index in [9.17, 15) is 0 Å². The molecule has 4 nitrogen and oxygen atoms in total. The van der Waals surface area contributed by atoms with Crippen LogP contribution in [-0.2, 0) is 17.8 Å². The van der Waals surface area contributed by atoms with Gasteiger partial charge < -0.3 is 14.6 Å². The monoisotopic (exact) mass is 287 g/mol. The standard InChI is InChI=1S/C17H25N3O/c1-2-18-12-14-13-20(17-16(14)8-3-9-19-17)10-4-6-15-7-5-11-21-15/h3,8-9,13,15,18H,2,4-7,10-12H2,1H3. The van der Waals surface area contributed by atoms with Crippen LogP contribution in [0.4, 0.5) is 0 Å². The Kier molecular flexibility index (Phi) is 4.88. The molecular formula is C17H25N3O. The molecule has 3 rings (SSSR count). The molecule has 1 unspecified atom stereocenters. The van der Waals surface area contributed by atoms with Crippen LogP contribution in [0.2, 0.25) is 0 Å². The van der Waals surface area contributed by atoms with Crippen molar-refractivity contribution in [2.45, 2.75) is 51.8 Å².